The number of rotatable bonds is 1. The average molecular weight is 259 g/mol. The summed E-state index contributed by atoms with van der Waals surface area (Å²) in [6.45, 7) is 2.16. The van der Waals surface area contributed by atoms with E-state index in [2.05, 4.69) is 18.3 Å². The van der Waals surface area contributed by atoms with Crippen LogP contribution in [0, 0.1) is 11.6 Å². The molecule has 1 aliphatic rings. The van der Waals surface area contributed by atoms with E-state index in [0.717, 1.165) is 24.1 Å². The van der Waals surface area contributed by atoms with E-state index >= 15 is 0 Å². The van der Waals surface area contributed by atoms with Gasteiger partial charge in [-0.25, -0.2) is 8.78 Å². The SMILES string of the molecule is CC1CCc2cc(-c3ccc(F)c(F)c3)ccc2N1. The van der Waals surface area contributed by atoms with E-state index in [1.165, 1.54) is 17.7 Å². The van der Waals surface area contributed by atoms with Gasteiger partial charge in [0, 0.05) is 11.7 Å². The van der Waals surface area contributed by atoms with E-state index in [4.69, 9.17) is 0 Å². The van der Waals surface area contributed by atoms with E-state index in [-0.39, 0.29) is 0 Å². The van der Waals surface area contributed by atoms with Crippen LogP contribution in [0.3, 0.4) is 0 Å². The van der Waals surface area contributed by atoms with Gasteiger partial charge in [0.25, 0.3) is 0 Å². The minimum Gasteiger partial charge on any atom is -0.382 e. The molecule has 1 nitrogen and oxygen atoms in total. The Bertz CT molecular complexity index is 622. The van der Waals surface area contributed by atoms with Crippen molar-refractivity contribution in [2.75, 3.05) is 5.32 Å². The highest BCUT2D eigenvalue weighted by molar-refractivity contribution is 5.69. The van der Waals surface area contributed by atoms with Crippen molar-refractivity contribution in [1.82, 2.24) is 0 Å². The molecular formula is C16H15F2N. The van der Waals surface area contributed by atoms with Crippen LogP contribution >= 0.6 is 0 Å². The van der Waals surface area contributed by atoms with Crippen molar-refractivity contribution < 1.29 is 8.78 Å². The molecule has 0 aliphatic carbocycles. The van der Waals surface area contributed by atoms with Gasteiger partial charge < -0.3 is 5.32 Å². The van der Waals surface area contributed by atoms with E-state index in [1.54, 1.807) is 6.07 Å². The molecule has 1 atom stereocenters. The predicted molar refractivity (Wildman–Crippen MR) is 73.2 cm³/mol. The predicted octanol–water partition coefficient (Wildman–Crippen LogP) is 4.38. The van der Waals surface area contributed by atoms with Gasteiger partial charge in [0.1, 0.15) is 0 Å². The molecule has 0 amide bonds. The molecule has 0 fully saturated rings. The largest absolute Gasteiger partial charge is 0.382 e. The lowest BCUT2D eigenvalue weighted by atomic mass is 9.95. The Morgan fingerprint density at radius 2 is 1.74 bits per heavy atom. The number of halogens is 2. The van der Waals surface area contributed by atoms with Gasteiger partial charge >= 0.3 is 0 Å². The molecule has 2 aromatic rings. The number of nitrogens with one attached hydrogen (secondary N) is 1. The first-order valence-corrected chi connectivity index (χ1v) is 6.48. The topological polar surface area (TPSA) is 12.0 Å². The first-order chi connectivity index (χ1) is 9.13. The van der Waals surface area contributed by atoms with Gasteiger partial charge in [-0.05, 0) is 60.7 Å². The number of hydrogen-bond acceptors (Lipinski definition) is 1. The van der Waals surface area contributed by atoms with Crippen molar-refractivity contribution in [3.63, 3.8) is 0 Å². The Morgan fingerprint density at radius 1 is 1.00 bits per heavy atom. The Kier molecular flexibility index (Phi) is 2.97. The van der Waals surface area contributed by atoms with Gasteiger partial charge in [0.2, 0.25) is 0 Å². The van der Waals surface area contributed by atoms with Gasteiger partial charge in [0.15, 0.2) is 11.6 Å². The van der Waals surface area contributed by atoms with Crippen molar-refractivity contribution in [2.24, 2.45) is 0 Å². The smallest absolute Gasteiger partial charge is 0.159 e. The molecule has 1 heterocycles. The lowest BCUT2D eigenvalue weighted by molar-refractivity contribution is 0.509. The molecule has 0 saturated heterocycles. The fourth-order valence-electron chi connectivity index (χ4n) is 2.51. The molecule has 1 aliphatic heterocycles. The summed E-state index contributed by atoms with van der Waals surface area (Å²) in [5, 5.41) is 3.42. The van der Waals surface area contributed by atoms with Crippen LogP contribution in [-0.2, 0) is 6.42 Å². The van der Waals surface area contributed by atoms with Crippen LogP contribution in [-0.4, -0.2) is 6.04 Å². The van der Waals surface area contributed by atoms with Crippen molar-refractivity contribution in [2.45, 2.75) is 25.8 Å². The summed E-state index contributed by atoms with van der Waals surface area (Å²) in [5.74, 6) is -1.61. The maximum absolute atomic E-state index is 13.3. The fraction of sp³-hybridized carbons (Fsp3) is 0.250. The molecule has 1 N–H and O–H groups in total. The second-order valence-electron chi connectivity index (χ2n) is 5.08. The maximum atomic E-state index is 13.3. The van der Waals surface area contributed by atoms with E-state index in [9.17, 15) is 8.78 Å². The van der Waals surface area contributed by atoms with Crippen LogP contribution in [0.1, 0.15) is 18.9 Å². The normalized spacial score (nSPS) is 17.7. The lowest BCUT2D eigenvalue weighted by Gasteiger charge is -2.24. The van der Waals surface area contributed by atoms with Crippen LogP contribution in [0.4, 0.5) is 14.5 Å². The molecule has 0 aromatic heterocycles. The maximum Gasteiger partial charge on any atom is 0.159 e. The summed E-state index contributed by atoms with van der Waals surface area (Å²) in [6, 6.07) is 10.5. The number of fused-ring (bicyclic) bond motifs is 1. The van der Waals surface area contributed by atoms with Crippen molar-refractivity contribution in [1.29, 1.82) is 0 Å². The van der Waals surface area contributed by atoms with Crippen LogP contribution in [0.2, 0.25) is 0 Å². The monoisotopic (exact) mass is 259 g/mol. The van der Waals surface area contributed by atoms with Gasteiger partial charge in [-0.3, -0.25) is 0 Å². The standard InChI is InChI=1S/C16H15F2N/c1-10-2-3-13-8-11(5-7-16(13)19-10)12-4-6-14(17)15(18)9-12/h4-10,19H,2-3H2,1H3. The van der Waals surface area contributed by atoms with E-state index < -0.39 is 11.6 Å². The van der Waals surface area contributed by atoms with Gasteiger partial charge in [-0.1, -0.05) is 12.1 Å². The number of aryl methyl sites for hydroxylation is 1. The number of benzene rings is 2. The third kappa shape index (κ3) is 2.33. The van der Waals surface area contributed by atoms with Crippen LogP contribution < -0.4 is 5.32 Å². The number of anilines is 1. The zero-order chi connectivity index (χ0) is 13.4. The van der Waals surface area contributed by atoms with Crippen molar-refractivity contribution in [3.8, 4) is 11.1 Å². The fourth-order valence-corrected chi connectivity index (χ4v) is 2.51. The summed E-state index contributed by atoms with van der Waals surface area (Å²) in [7, 11) is 0. The zero-order valence-electron chi connectivity index (χ0n) is 10.7. The van der Waals surface area contributed by atoms with E-state index in [0.29, 0.717) is 11.6 Å². The molecule has 0 spiro atoms. The van der Waals surface area contributed by atoms with Crippen LogP contribution in [0.25, 0.3) is 11.1 Å². The summed E-state index contributed by atoms with van der Waals surface area (Å²) >= 11 is 0. The third-order valence-electron chi connectivity index (χ3n) is 3.61. The second kappa shape index (κ2) is 4.65. The molecule has 3 heteroatoms. The molecule has 2 aromatic carbocycles. The summed E-state index contributed by atoms with van der Waals surface area (Å²) < 4.78 is 26.2. The third-order valence-corrected chi connectivity index (χ3v) is 3.61. The number of hydrogen-bond donors (Lipinski definition) is 1. The van der Waals surface area contributed by atoms with Crippen LogP contribution in [0.15, 0.2) is 36.4 Å². The minimum atomic E-state index is -0.808. The molecule has 1 unspecified atom stereocenters. The molecular weight excluding hydrogens is 244 g/mol. The highest BCUT2D eigenvalue weighted by atomic mass is 19.2. The van der Waals surface area contributed by atoms with E-state index in [1.807, 2.05) is 12.1 Å². The van der Waals surface area contributed by atoms with Crippen LogP contribution in [0.5, 0.6) is 0 Å². The quantitative estimate of drug-likeness (QED) is 0.801. The summed E-state index contributed by atoms with van der Waals surface area (Å²) in [6.07, 6.45) is 2.11. The second-order valence-corrected chi connectivity index (χ2v) is 5.08. The Hall–Kier alpha value is -1.90. The first-order valence-electron chi connectivity index (χ1n) is 6.48. The van der Waals surface area contributed by atoms with Crippen molar-refractivity contribution in [3.05, 3.63) is 53.6 Å². The highest BCUT2D eigenvalue weighted by Gasteiger charge is 2.14. The van der Waals surface area contributed by atoms with Gasteiger partial charge in [-0.15, -0.1) is 0 Å². The Morgan fingerprint density at radius 3 is 2.53 bits per heavy atom. The Labute approximate surface area is 111 Å². The average Bonchev–Trinajstić information content (AvgIpc) is 2.41. The minimum absolute atomic E-state index is 0.488. The molecule has 0 saturated carbocycles. The summed E-state index contributed by atoms with van der Waals surface area (Å²) in [5.41, 5.74) is 4.01. The zero-order valence-corrected chi connectivity index (χ0v) is 10.7. The molecule has 19 heavy (non-hydrogen) atoms. The summed E-state index contributed by atoms with van der Waals surface area (Å²) in [4.78, 5) is 0. The molecule has 0 bridgehead atoms. The highest BCUT2D eigenvalue weighted by Crippen LogP contribution is 2.30. The lowest BCUT2D eigenvalue weighted by Crippen LogP contribution is -2.21. The first kappa shape index (κ1) is 12.2. The Balaban J connectivity index is 2.00. The molecule has 3 rings (SSSR count). The van der Waals surface area contributed by atoms with Gasteiger partial charge in [0.05, 0.1) is 0 Å². The molecule has 98 valence electrons. The van der Waals surface area contributed by atoms with Crippen molar-refractivity contribution >= 4 is 5.69 Å². The van der Waals surface area contributed by atoms with Gasteiger partial charge in [-0.2, -0.15) is 0 Å². The molecule has 0 radical (unpaired) electrons.